The van der Waals surface area contributed by atoms with Gasteiger partial charge in [0.1, 0.15) is 11.6 Å². The lowest BCUT2D eigenvalue weighted by molar-refractivity contribution is 0.145. The molecule has 1 aromatic carbocycles. The smallest absolute Gasteiger partial charge is 0.126 e. The Morgan fingerprint density at radius 2 is 1.95 bits per heavy atom. The Morgan fingerprint density at radius 3 is 2.62 bits per heavy atom. The highest BCUT2D eigenvalue weighted by Gasteiger charge is 2.31. The molecule has 3 unspecified atom stereocenters. The SMILES string of the molecule is CNCC1CCC(C(C)C)CC1Cc1cc(F)ccc1F. The predicted molar refractivity (Wildman–Crippen MR) is 83.1 cm³/mol. The topological polar surface area (TPSA) is 12.0 Å². The first-order valence-electron chi connectivity index (χ1n) is 8.09. The number of nitrogens with one attached hydrogen (secondary N) is 1. The summed E-state index contributed by atoms with van der Waals surface area (Å²) in [6, 6.07) is 3.81. The Hall–Kier alpha value is -0.960. The Labute approximate surface area is 127 Å². The van der Waals surface area contributed by atoms with Gasteiger partial charge in [0.2, 0.25) is 0 Å². The van der Waals surface area contributed by atoms with E-state index in [0.717, 1.165) is 13.0 Å². The minimum absolute atomic E-state index is 0.272. The van der Waals surface area contributed by atoms with Crippen LogP contribution in [-0.2, 0) is 6.42 Å². The molecule has 1 fully saturated rings. The van der Waals surface area contributed by atoms with Crippen molar-refractivity contribution in [3.8, 4) is 0 Å². The number of halogens is 2. The van der Waals surface area contributed by atoms with Crippen LogP contribution in [0, 0.1) is 35.3 Å². The minimum Gasteiger partial charge on any atom is -0.319 e. The van der Waals surface area contributed by atoms with Crippen LogP contribution in [-0.4, -0.2) is 13.6 Å². The molecule has 3 heteroatoms. The number of hydrogen-bond donors (Lipinski definition) is 1. The summed E-state index contributed by atoms with van der Waals surface area (Å²) in [6.07, 6.45) is 4.22. The molecule has 1 aromatic rings. The van der Waals surface area contributed by atoms with Crippen LogP contribution >= 0.6 is 0 Å². The second-order valence-corrected chi connectivity index (χ2v) is 6.83. The van der Waals surface area contributed by atoms with Gasteiger partial charge in [-0.25, -0.2) is 8.78 Å². The molecule has 0 bridgehead atoms. The van der Waals surface area contributed by atoms with Crippen LogP contribution in [0.4, 0.5) is 8.78 Å². The first-order chi connectivity index (χ1) is 10.0. The average Bonchev–Trinajstić information content (AvgIpc) is 2.44. The number of benzene rings is 1. The van der Waals surface area contributed by atoms with E-state index in [1.54, 1.807) is 0 Å². The van der Waals surface area contributed by atoms with E-state index in [1.165, 1.54) is 31.0 Å². The van der Waals surface area contributed by atoms with Gasteiger partial charge in [-0.3, -0.25) is 0 Å². The van der Waals surface area contributed by atoms with E-state index in [0.29, 0.717) is 35.7 Å². The normalized spacial score (nSPS) is 26.3. The van der Waals surface area contributed by atoms with Crippen LogP contribution in [0.3, 0.4) is 0 Å². The van der Waals surface area contributed by atoms with E-state index >= 15 is 0 Å². The Kier molecular flexibility index (Phi) is 5.74. The standard InChI is InChI=1S/C18H27F2N/c1-12(2)13-4-5-14(11-21-3)15(8-13)9-16-10-17(19)6-7-18(16)20/h6-7,10,12-15,21H,4-5,8-9,11H2,1-3H3. The Balaban J connectivity index is 2.13. The molecule has 0 aromatic heterocycles. The van der Waals surface area contributed by atoms with E-state index in [-0.39, 0.29) is 11.6 Å². The highest BCUT2D eigenvalue weighted by atomic mass is 19.1. The van der Waals surface area contributed by atoms with Gasteiger partial charge in [0.25, 0.3) is 0 Å². The van der Waals surface area contributed by atoms with Crippen molar-refractivity contribution >= 4 is 0 Å². The first kappa shape index (κ1) is 16.4. The van der Waals surface area contributed by atoms with Gasteiger partial charge < -0.3 is 5.32 Å². The Bertz CT molecular complexity index is 459. The van der Waals surface area contributed by atoms with Crippen molar-refractivity contribution in [2.75, 3.05) is 13.6 Å². The summed E-state index contributed by atoms with van der Waals surface area (Å²) in [4.78, 5) is 0. The van der Waals surface area contributed by atoms with Crippen molar-refractivity contribution < 1.29 is 8.78 Å². The fraction of sp³-hybridized carbons (Fsp3) is 0.667. The molecular formula is C18H27F2N. The lowest BCUT2D eigenvalue weighted by Crippen LogP contribution is -2.34. The van der Waals surface area contributed by atoms with Gasteiger partial charge in [-0.2, -0.15) is 0 Å². The monoisotopic (exact) mass is 295 g/mol. The summed E-state index contributed by atoms with van der Waals surface area (Å²) in [5.74, 6) is 1.77. The molecule has 1 aliphatic rings. The van der Waals surface area contributed by atoms with Crippen molar-refractivity contribution in [3.05, 3.63) is 35.4 Å². The lowest BCUT2D eigenvalue weighted by Gasteiger charge is -2.38. The number of rotatable bonds is 5. The van der Waals surface area contributed by atoms with Crippen molar-refractivity contribution in [1.29, 1.82) is 0 Å². The Morgan fingerprint density at radius 1 is 1.19 bits per heavy atom. The third kappa shape index (κ3) is 4.26. The summed E-state index contributed by atoms with van der Waals surface area (Å²) >= 11 is 0. The molecular weight excluding hydrogens is 268 g/mol. The lowest BCUT2D eigenvalue weighted by atomic mass is 9.68. The van der Waals surface area contributed by atoms with Crippen molar-refractivity contribution in [1.82, 2.24) is 5.32 Å². The molecule has 0 aliphatic heterocycles. The van der Waals surface area contributed by atoms with Crippen LogP contribution in [0.5, 0.6) is 0 Å². The molecule has 0 amide bonds. The zero-order valence-electron chi connectivity index (χ0n) is 13.3. The van der Waals surface area contributed by atoms with Crippen LogP contribution in [0.2, 0.25) is 0 Å². The van der Waals surface area contributed by atoms with E-state index < -0.39 is 0 Å². The van der Waals surface area contributed by atoms with E-state index in [9.17, 15) is 8.78 Å². The zero-order valence-corrected chi connectivity index (χ0v) is 13.3. The number of hydrogen-bond acceptors (Lipinski definition) is 1. The highest BCUT2D eigenvalue weighted by Crippen LogP contribution is 2.39. The summed E-state index contributed by atoms with van der Waals surface area (Å²) in [7, 11) is 1.97. The highest BCUT2D eigenvalue weighted by molar-refractivity contribution is 5.19. The molecule has 0 saturated heterocycles. The zero-order chi connectivity index (χ0) is 15.4. The summed E-state index contributed by atoms with van der Waals surface area (Å²) in [5.41, 5.74) is 0.533. The van der Waals surface area contributed by atoms with E-state index in [4.69, 9.17) is 0 Å². The molecule has 1 saturated carbocycles. The first-order valence-corrected chi connectivity index (χ1v) is 8.09. The fourth-order valence-electron chi connectivity index (χ4n) is 3.73. The third-order valence-corrected chi connectivity index (χ3v) is 5.08. The minimum atomic E-state index is -0.340. The average molecular weight is 295 g/mol. The van der Waals surface area contributed by atoms with Gasteiger partial charge in [0.15, 0.2) is 0 Å². The molecule has 2 rings (SSSR count). The molecule has 0 radical (unpaired) electrons. The van der Waals surface area contributed by atoms with Gasteiger partial charge in [-0.15, -0.1) is 0 Å². The van der Waals surface area contributed by atoms with E-state index in [1.807, 2.05) is 7.05 Å². The molecule has 3 atom stereocenters. The van der Waals surface area contributed by atoms with Gasteiger partial charge in [-0.05, 0) is 86.7 Å². The summed E-state index contributed by atoms with van der Waals surface area (Å²) < 4.78 is 27.3. The van der Waals surface area contributed by atoms with Crippen molar-refractivity contribution in [3.63, 3.8) is 0 Å². The molecule has 0 heterocycles. The third-order valence-electron chi connectivity index (χ3n) is 5.08. The van der Waals surface area contributed by atoms with Gasteiger partial charge >= 0.3 is 0 Å². The largest absolute Gasteiger partial charge is 0.319 e. The maximum Gasteiger partial charge on any atom is 0.126 e. The van der Waals surface area contributed by atoms with Gasteiger partial charge in [0.05, 0.1) is 0 Å². The maximum absolute atomic E-state index is 13.9. The van der Waals surface area contributed by atoms with Crippen molar-refractivity contribution in [2.45, 2.75) is 39.5 Å². The second kappa shape index (κ2) is 7.35. The van der Waals surface area contributed by atoms with Gasteiger partial charge in [0, 0.05) is 0 Å². The summed E-state index contributed by atoms with van der Waals surface area (Å²) in [5, 5.41) is 3.26. The molecule has 21 heavy (non-hydrogen) atoms. The molecule has 1 nitrogen and oxygen atoms in total. The van der Waals surface area contributed by atoms with Crippen LogP contribution in [0.25, 0.3) is 0 Å². The van der Waals surface area contributed by atoms with Crippen molar-refractivity contribution in [2.24, 2.45) is 23.7 Å². The van der Waals surface area contributed by atoms with Crippen LogP contribution in [0.1, 0.15) is 38.7 Å². The quantitative estimate of drug-likeness (QED) is 0.848. The fourth-order valence-corrected chi connectivity index (χ4v) is 3.73. The molecule has 0 spiro atoms. The van der Waals surface area contributed by atoms with Crippen LogP contribution in [0.15, 0.2) is 18.2 Å². The molecule has 118 valence electrons. The van der Waals surface area contributed by atoms with Gasteiger partial charge in [-0.1, -0.05) is 13.8 Å². The van der Waals surface area contributed by atoms with Crippen LogP contribution < -0.4 is 5.32 Å². The second-order valence-electron chi connectivity index (χ2n) is 6.83. The predicted octanol–water partition coefficient (Wildman–Crippen LogP) is 4.42. The van der Waals surface area contributed by atoms with E-state index in [2.05, 4.69) is 19.2 Å². The maximum atomic E-state index is 13.9. The summed E-state index contributed by atoms with van der Waals surface area (Å²) in [6.45, 7) is 5.50. The molecule has 1 N–H and O–H groups in total. The molecule has 1 aliphatic carbocycles.